The average Bonchev–Trinajstić information content (AvgIpc) is 2.73. The van der Waals surface area contributed by atoms with E-state index in [1.54, 1.807) is 0 Å². The molecule has 28 heavy (non-hydrogen) atoms. The summed E-state index contributed by atoms with van der Waals surface area (Å²) in [6.07, 6.45) is 1.58. The minimum Gasteiger partial charge on any atom is -0.462 e. The van der Waals surface area contributed by atoms with Crippen molar-refractivity contribution in [3.8, 4) is 5.75 Å². The van der Waals surface area contributed by atoms with Gasteiger partial charge in [0.05, 0.1) is 17.7 Å². The second kappa shape index (κ2) is 9.46. The molecule has 0 aromatic heterocycles. The second-order valence-corrected chi connectivity index (χ2v) is 6.15. The Bertz CT molecular complexity index is 919. The van der Waals surface area contributed by atoms with E-state index in [2.05, 4.69) is 0 Å². The van der Waals surface area contributed by atoms with E-state index in [9.17, 15) is 14.0 Å². The number of ether oxygens (including phenoxy) is 2. The van der Waals surface area contributed by atoms with Gasteiger partial charge in [-0.15, -0.1) is 0 Å². The molecule has 0 radical (unpaired) electrons. The lowest BCUT2D eigenvalue weighted by atomic mass is 10.1. The fraction of sp³-hybridized carbons (Fsp3) is 0.130. The predicted molar refractivity (Wildman–Crippen MR) is 103 cm³/mol. The van der Waals surface area contributed by atoms with E-state index in [-0.39, 0.29) is 11.3 Å². The van der Waals surface area contributed by atoms with Gasteiger partial charge in [0, 0.05) is 0 Å². The first kappa shape index (κ1) is 19.3. The molecule has 3 aromatic rings. The summed E-state index contributed by atoms with van der Waals surface area (Å²) >= 11 is 0. The molecule has 0 spiro atoms. The minimum absolute atomic E-state index is 0.239. The summed E-state index contributed by atoms with van der Waals surface area (Å²) in [4.78, 5) is 24.1. The zero-order valence-electron chi connectivity index (χ0n) is 15.1. The van der Waals surface area contributed by atoms with Crippen LogP contribution < -0.4 is 4.74 Å². The highest BCUT2D eigenvalue weighted by atomic mass is 19.1. The van der Waals surface area contributed by atoms with Crippen molar-refractivity contribution >= 4 is 11.9 Å². The molecule has 0 saturated heterocycles. The maximum absolute atomic E-state index is 12.9. The Morgan fingerprint density at radius 3 is 2.04 bits per heavy atom. The van der Waals surface area contributed by atoms with E-state index in [1.165, 1.54) is 54.1 Å². The maximum atomic E-state index is 12.9. The van der Waals surface area contributed by atoms with Crippen LogP contribution in [-0.4, -0.2) is 18.5 Å². The number of benzene rings is 3. The van der Waals surface area contributed by atoms with E-state index in [0.717, 1.165) is 12.8 Å². The van der Waals surface area contributed by atoms with Gasteiger partial charge in [0.15, 0.2) is 0 Å². The van der Waals surface area contributed by atoms with Crippen LogP contribution in [0.4, 0.5) is 4.39 Å². The molecule has 0 atom stereocenters. The highest BCUT2D eigenvalue weighted by Gasteiger charge is 2.11. The van der Waals surface area contributed by atoms with Crippen molar-refractivity contribution in [2.45, 2.75) is 12.8 Å². The number of carbonyl (C=O) groups is 2. The summed E-state index contributed by atoms with van der Waals surface area (Å²) in [6.45, 7) is 0.328. The highest BCUT2D eigenvalue weighted by molar-refractivity contribution is 5.92. The van der Waals surface area contributed by atoms with Crippen LogP contribution in [0.2, 0.25) is 0 Å². The van der Waals surface area contributed by atoms with Gasteiger partial charge in [-0.05, 0) is 66.9 Å². The summed E-state index contributed by atoms with van der Waals surface area (Å²) in [5, 5.41) is 0. The summed E-state index contributed by atoms with van der Waals surface area (Å²) in [6, 6.07) is 21.2. The van der Waals surface area contributed by atoms with Crippen molar-refractivity contribution < 1.29 is 23.5 Å². The van der Waals surface area contributed by atoms with Crippen LogP contribution in [0.15, 0.2) is 78.9 Å². The summed E-state index contributed by atoms with van der Waals surface area (Å²) in [7, 11) is 0. The minimum atomic E-state index is -0.601. The Labute approximate surface area is 162 Å². The molecule has 5 heteroatoms. The van der Waals surface area contributed by atoms with E-state index in [4.69, 9.17) is 9.47 Å². The molecule has 0 aliphatic carbocycles. The summed E-state index contributed by atoms with van der Waals surface area (Å²) in [5.74, 6) is -1.17. The van der Waals surface area contributed by atoms with E-state index < -0.39 is 17.8 Å². The van der Waals surface area contributed by atoms with Crippen molar-refractivity contribution in [3.05, 3.63) is 101 Å². The number of esters is 2. The van der Waals surface area contributed by atoms with Gasteiger partial charge in [0.1, 0.15) is 11.6 Å². The molecule has 0 N–H and O–H groups in total. The molecule has 3 aromatic carbocycles. The Morgan fingerprint density at radius 1 is 0.750 bits per heavy atom. The number of halogens is 1. The van der Waals surface area contributed by atoms with Crippen molar-refractivity contribution in [2.75, 3.05) is 6.61 Å². The average molecular weight is 378 g/mol. The van der Waals surface area contributed by atoms with Crippen molar-refractivity contribution in [1.82, 2.24) is 0 Å². The quantitative estimate of drug-likeness (QED) is 0.336. The van der Waals surface area contributed by atoms with Crippen LogP contribution in [0.3, 0.4) is 0 Å². The molecule has 0 heterocycles. The van der Waals surface area contributed by atoms with Gasteiger partial charge < -0.3 is 9.47 Å². The highest BCUT2D eigenvalue weighted by Crippen LogP contribution is 2.15. The van der Waals surface area contributed by atoms with Crippen LogP contribution in [0.25, 0.3) is 0 Å². The second-order valence-electron chi connectivity index (χ2n) is 6.15. The molecule has 0 bridgehead atoms. The first-order valence-corrected chi connectivity index (χ1v) is 8.91. The van der Waals surface area contributed by atoms with Crippen LogP contribution in [-0.2, 0) is 11.2 Å². The van der Waals surface area contributed by atoms with Crippen LogP contribution in [0.5, 0.6) is 5.75 Å². The first-order valence-electron chi connectivity index (χ1n) is 8.91. The molecule has 3 rings (SSSR count). The molecule has 0 unspecified atom stereocenters. The molecular weight excluding hydrogens is 359 g/mol. The Balaban J connectivity index is 1.47. The zero-order valence-corrected chi connectivity index (χ0v) is 15.1. The maximum Gasteiger partial charge on any atom is 0.343 e. The molecule has 142 valence electrons. The number of carbonyl (C=O) groups excluding carboxylic acids is 2. The van der Waals surface area contributed by atoms with Crippen molar-refractivity contribution in [2.24, 2.45) is 0 Å². The Hall–Kier alpha value is -3.47. The Morgan fingerprint density at radius 2 is 1.36 bits per heavy atom. The zero-order chi connectivity index (χ0) is 19.8. The van der Waals surface area contributed by atoms with Gasteiger partial charge in [-0.2, -0.15) is 0 Å². The van der Waals surface area contributed by atoms with Gasteiger partial charge in [-0.3, -0.25) is 0 Å². The molecule has 4 nitrogen and oxygen atoms in total. The topological polar surface area (TPSA) is 52.6 Å². The monoisotopic (exact) mass is 378 g/mol. The van der Waals surface area contributed by atoms with Crippen LogP contribution >= 0.6 is 0 Å². The van der Waals surface area contributed by atoms with Crippen molar-refractivity contribution in [3.63, 3.8) is 0 Å². The lowest BCUT2D eigenvalue weighted by Gasteiger charge is -2.07. The first-order chi connectivity index (χ1) is 13.6. The van der Waals surface area contributed by atoms with Gasteiger partial charge in [0.2, 0.25) is 0 Å². The number of aryl methyl sites for hydroxylation is 1. The molecule has 0 aliphatic rings. The third-order valence-corrected chi connectivity index (χ3v) is 4.07. The third kappa shape index (κ3) is 5.51. The van der Waals surface area contributed by atoms with E-state index in [1.807, 2.05) is 30.3 Å². The number of hydrogen-bond donors (Lipinski definition) is 0. The number of hydrogen-bond acceptors (Lipinski definition) is 4. The van der Waals surface area contributed by atoms with Crippen LogP contribution in [0.1, 0.15) is 32.7 Å². The molecule has 0 amide bonds. The lowest BCUT2D eigenvalue weighted by molar-refractivity contribution is 0.0500. The van der Waals surface area contributed by atoms with Crippen LogP contribution in [0, 0.1) is 5.82 Å². The third-order valence-electron chi connectivity index (χ3n) is 4.07. The molecular formula is C23H19FO4. The van der Waals surface area contributed by atoms with Crippen molar-refractivity contribution in [1.29, 1.82) is 0 Å². The molecule has 0 saturated carbocycles. The normalized spacial score (nSPS) is 10.3. The fourth-order valence-electron chi connectivity index (χ4n) is 2.58. The van der Waals surface area contributed by atoms with E-state index in [0.29, 0.717) is 12.2 Å². The summed E-state index contributed by atoms with van der Waals surface area (Å²) < 4.78 is 23.4. The predicted octanol–water partition coefficient (Wildman–Crippen LogP) is 4.83. The van der Waals surface area contributed by atoms with E-state index >= 15 is 0 Å². The standard InChI is InChI=1S/C23H19FO4/c24-20-12-8-19(9-13-20)23(26)28-21-14-10-18(11-15-21)22(25)27-16-4-7-17-5-2-1-3-6-17/h1-3,5-6,8-15H,4,7,16H2. The smallest absolute Gasteiger partial charge is 0.343 e. The molecule has 0 aliphatic heterocycles. The van der Waals surface area contributed by atoms with Gasteiger partial charge in [0.25, 0.3) is 0 Å². The lowest BCUT2D eigenvalue weighted by Crippen LogP contribution is -2.09. The summed E-state index contributed by atoms with van der Waals surface area (Å²) in [5.41, 5.74) is 1.82. The van der Waals surface area contributed by atoms with Gasteiger partial charge >= 0.3 is 11.9 Å². The largest absolute Gasteiger partial charge is 0.462 e. The molecule has 0 fully saturated rings. The number of rotatable bonds is 7. The van der Waals surface area contributed by atoms with Gasteiger partial charge in [-0.25, -0.2) is 14.0 Å². The Kier molecular flexibility index (Phi) is 6.52. The fourth-order valence-corrected chi connectivity index (χ4v) is 2.58. The SMILES string of the molecule is O=C(OCCCc1ccccc1)c1ccc(OC(=O)c2ccc(F)cc2)cc1. The van der Waals surface area contributed by atoms with Gasteiger partial charge in [-0.1, -0.05) is 30.3 Å².